The Morgan fingerprint density at radius 3 is 2.45 bits per heavy atom. The van der Waals surface area contributed by atoms with Crippen LogP contribution in [0.3, 0.4) is 0 Å². The van der Waals surface area contributed by atoms with E-state index in [4.69, 9.17) is 6.57 Å². The van der Waals surface area contributed by atoms with E-state index >= 15 is 0 Å². The first-order chi connectivity index (χ1) is 13.8. The zero-order valence-corrected chi connectivity index (χ0v) is 16.7. The molecule has 4 rings (SSSR count). The van der Waals surface area contributed by atoms with Crippen LogP contribution >= 0.6 is 0 Å². The molecule has 1 N–H and O–H groups in total. The number of H-pyrrole nitrogens is 1. The molecule has 11 nitrogen and oxygen atoms in total. The summed E-state index contributed by atoms with van der Waals surface area (Å²) in [6, 6.07) is 1.70. The third-order valence-corrected chi connectivity index (χ3v) is 4.20. The topological polar surface area (TPSA) is 119 Å². The molecule has 146 valence electrons. The summed E-state index contributed by atoms with van der Waals surface area (Å²) in [6.45, 7) is 17.2. The monoisotopic (exact) mass is 389 g/mol. The Morgan fingerprint density at radius 2 is 1.79 bits per heavy atom. The molecule has 4 aromatic rings. The van der Waals surface area contributed by atoms with Gasteiger partial charge in [0, 0.05) is 17.8 Å². The fourth-order valence-corrected chi connectivity index (χ4v) is 2.88. The van der Waals surface area contributed by atoms with E-state index in [1.807, 2.05) is 27.7 Å². The van der Waals surface area contributed by atoms with Gasteiger partial charge in [0.1, 0.15) is 5.82 Å². The minimum atomic E-state index is -0.280. The van der Waals surface area contributed by atoms with E-state index in [9.17, 15) is 0 Å². The quantitative estimate of drug-likeness (QED) is 0.421. The van der Waals surface area contributed by atoms with Gasteiger partial charge in [-0.15, -0.1) is 20.0 Å². The summed E-state index contributed by atoms with van der Waals surface area (Å²) in [4.78, 5) is 15.1. The first-order valence-corrected chi connectivity index (χ1v) is 8.92. The van der Waals surface area contributed by atoms with Crippen LogP contribution in [-0.2, 0) is 5.41 Å². The van der Waals surface area contributed by atoms with E-state index in [0.717, 1.165) is 5.69 Å². The SMILES string of the molecule is [C-]#[N+]c1c(C)nn(-c2ncccn2)c1/N=N/c1c(C(C)(C)C)nn2nc(C)[nH]c12. The normalized spacial score (nSPS) is 12.1. The Hall–Kier alpha value is -3.94. The number of nitrogens with zero attached hydrogens (tertiary/aromatic N) is 10. The molecule has 0 spiro atoms. The Morgan fingerprint density at radius 1 is 1.07 bits per heavy atom. The minimum Gasteiger partial charge on any atom is -0.324 e. The van der Waals surface area contributed by atoms with Gasteiger partial charge < -0.3 is 4.98 Å². The van der Waals surface area contributed by atoms with Gasteiger partial charge in [-0.1, -0.05) is 20.8 Å². The zero-order valence-electron chi connectivity index (χ0n) is 16.7. The molecule has 11 heteroatoms. The summed E-state index contributed by atoms with van der Waals surface area (Å²) in [5.41, 5.74) is 2.48. The largest absolute Gasteiger partial charge is 0.324 e. The van der Waals surface area contributed by atoms with E-state index < -0.39 is 0 Å². The van der Waals surface area contributed by atoms with Crippen molar-refractivity contribution in [2.75, 3.05) is 0 Å². The highest BCUT2D eigenvalue weighted by molar-refractivity contribution is 5.70. The van der Waals surface area contributed by atoms with Crippen molar-refractivity contribution in [3.63, 3.8) is 0 Å². The lowest BCUT2D eigenvalue weighted by Gasteiger charge is -2.15. The van der Waals surface area contributed by atoms with Gasteiger partial charge in [0.25, 0.3) is 11.6 Å². The Balaban J connectivity index is 1.91. The summed E-state index contributed by atoms with van der Waals surface area (Å²) in [5.74, 6) is 1.29. The Labute approximate surface area is 166 Å². The number of aromatic amines is 1. The number of rotatable bonds is 3. The molecule has 0 unspecified atom stereocenters. The van der Waals surface area contributed by atoms with Crippen molar-refractivity contribution in [3.05, 3.63) is 47.1 Å². The Kier molecular flexibility index (Phi) is 4.19. The fourth-order valence-electron chi connectivity index (χ4n) is 2.88. The highest BCUT2D eigenvalue weighted by Gasteiger charge is 2.27. The van der Waals surface area contributed by atoms with Crippen molar-refractivity contribution in [1.82, 2.24) is 39.6 Å². The second kappa shape index (κ2) is 6.59. The lowest BCUT2D eigenvalue weighted by atomic mass is 9.91. The summed E-state index contributed by atoms with van der Waals surface area (Å²) >= 11 is 0. The third kappa shape index (κ3) is 3.14. The standard InChI is InChI=1S/C18H19N11/c1-10-12(19-6)16(28(25-10)17-20-8-7-9-21-17)24-23-13-14(18(3,4)5)27-29-15(13)22-11(2)26-29/h7-9H,1-5H3,(H,22,26)/b24-23+. The van der Waals surface area contributed by atoms with Gasteiger partial charge >= 0.3 is 0 Å². The van der Waals surface area contributed by atoms with Gasteiger partial charge in [0.2, 0.25) is 0 Å². The average Bonchev–Trinajstić information content (AvgIpc) is 3.30. The highest BCUT2D eigenvalue weighted by Crippen LogP contribution is 2.37. The van der Waals surface area contributed by atoms with Crippen molar-refractivity contribution in [1.29, 1.82) is 0 Å². The van der Waals surface area contributed by atoms with Crippen LogP contribution in [0.2, 0.25) is 0 Å². The molecule has 0 aliphatic heterocycles. The summed E-state index contributed by atoms with van der Waals surface area (Å²) < 4.78 is 2.94. The van der Waals surface area contributed by atoms with Crippen molar-refractivity contribution in [2.45, 2.75) is 40.0 Å². The fraction of sp³-hybridized carbons (Fsp3) is 0.333. The molecule has 0 fully saturated rings. The van der Waals surface area contributed by atoms with Gasteiger partial charge in [-0.05, 0) is 19.9 Å². The van der Waals surface area contributed by atoms with E-state index in [-0.39, 0.29) is 11.2 Å². The zero-order chi connectivity index (χ0) is 20.8. The number of nitrogens with one attached hydrogen (secondary N) is 1. The van der Waals surface area contributed by atoms with Crippen LogP contribution in [0.4, 0.5) is 17.2 Å². The number of fused-ring (bicyclic) bond motifs is 1. The summed E-state index contributed by atoms with van der Waals surface area (Å²) in [5, 5.41) is 22.1. The molecule has 4 heterocycles. The van der Waals surface area contributed by atoms with Crippen molar-refractivity contribution in [3.8, 4) is 5.95 Å². The maximum Gasteiger partial charge on any atom is 0.255 e. The first-order valence-electron chi connectivity index (χ1n) is 8.92. The van der Waals surface area contributed by atoms with Crippen LogP contribution < -0.4 is 0 Å². The van der Waals surface area contributed by atoms with Gasteiger partial charge in [0.15, 0.2) is 17.2 Å². The molecule has 29 heavy (non-hydrogen) atoms. The first kappa shape index (κ1) is 18.4. The lowest BCUT2D eigenvalue weighted by Crippen LogP contribution is -2.12. The molecule has 0 aliphatic carbocycles. The van der Waals surface area contributed by atoms with Gasteiger partial charge in [-0.3, -0.25) is 0 Å². The maximum absolute atomic E-state index is 7.53. The minimum absolute atomic E-state index is 0.263. The number of azo groups is 1. The predicted octanol–water partition coefficient (Wildman–Crippen LogP) is 3.91. The molecule has 0 aromatic carbocycles. The predicted molar refractivity (Wildman–Crippen MR) is 105 cm³/mol. The van der Waals surface area contributed by atoms with E-state index in [1.54, 1.807) is 25.4 Å². The van der Waals surface area contributed by atoms with E-state index in [2.05, 4.69) is 45.3 Å². The van der Waals surface area contributed by atoms with Gasteiger partial charge in [-0.25, -0.2) is 14.8 Å². The molecule has 0 aliphatic rings. The van der Waals surface area contributed by atoms with Crippen molar-refractivity contribution >= 4 is 22.8 Å². The molecule has 0 radical (unpaired) electrons. The molecule has 0 amide bonds. The molecule has 0 saturated heterocycles. The molecule has 0 saturated carbocycles. The van der Waals surface area contributed by atoms with E-state index in [0.29, 0.717) is 34.5 Å². The molecular formula is C18H19N11. The van der Waals surface area contributed by atoms with Crippen molar-refractivity contribution in [2.24, 2.45) is 10.2 Å². The maximum atomic E-state index is 7.53. The Bertz CT molecular complexity index is 1260. The third-order valence-electron chi connectivity index (χ3n) is 4.20. The second-order valence-corrected chi connectivity index (χ2v) is 7.53. The molecule has 0 atom stereocenters. The van der Waals surface area contributed by atoms with Crippen LogP contribution in [0.5, 0.6) is 0 Å². The lowest BCUT2D eigenvalue weighted by molar-refractivity contribution is 0.557. The van der Waals surface area contributed by atoms with Crippen LogP contribution in [0.15, 0.2) is 28.7 Å². The molecular weight excluding hydrogens is 370 g/mol. The van der Waals surface area contributed by atoms with E-state index in [1.165, 1.54) is 9.31 Å². The van der Waals surface area contributed by atoms with Gasteiger partial charge in [-0.2, -0.15) is 14.9 Å². The number of hydrogen-bond donors (Lipinski definition) is 1. The number of aromatic nitrogens is 8. The molecule has 0 bridgehead atoms. The summed E-state index contributed by atoms with van der Waals surface area (Å²) in [6.07, 6.45) is 3.20. The second-order valence-electron chi connectivity index (χ2n) is 7.53. The average molecular weight is 389 g/mol. The van der Waals surface area contributed by atoms with Crippen molar-refractivity contribution < 1.29 is 0 Å². The van der Waals surface area contributed by atoms with Gasteiger partial charge in [0.05, 0.1) is 18.0 Å². The highest BCUT2D eigenvalue weighted by atomic mass is 15.5. The van der Waals surface area contributed by atoms with Crippen LogP contribution in [0.25, 0.3) is 16.4 Å². The number of aryl methyl sites for hydroxylation is 2. The summed E-state index contributed by atoms with van der Waals surface area (Å²) in [7, 11) is 0. The number of hydrogen-bond acceptors (Lipinski definition) is 7. The van der Waals surface area contributed by atoms with Crippen LogP contribution in [0, 0.1) is 20.4 Å². The smallest absolute Gasteiger partial charge is 0.255 e. The van der Waals surface area contributed by atoms with Crippen LogP contribution in [0.1, 0.15) is 38.0 Å². The van der Waals surface area contributed by atoms with Crippen LogP contribution in [-0.4, -0.2) is 39.6 Å². The molecule has 4 aromatic heterocycles.